The maximum atomic E-state index is 12.9. The summed E-state index contributed by atoms with van der Waals surface area (Å²) in [6.07, 6.45) is 1.68. The van der Waals surface area contributed by atoms with Crippen molar-refractivity contribution in [3.63, 3.8) is 0 Å². The summed E-state index contributed by atoms with van der Waals surface area (Å²) in [5.41, 5.74) is 3.19. The van der Waals surface area contributed by atoms with Crippen LogP contribution in [-0.4, -0.2) is 41.0 Å². The van der Waals surface area contributed by atoms with Crippen LogP contribution in [0.2, 0.25) is 0 Å². The Balaban J connectivity index is 1.25. The highest BCUT2D eigenvalue weighted by Crippen LogP contribution is 2.31. The van der Waals surface area contributed by atoms with Crippen LogP contribution in [-0.2, 0) is 0 Å². The third-order valence-electron chi connectivity index (χ3n) is 5.50. The van der Waals surface area contributed by atoms with Crippen LogP contribution in [0.4, 0.5) is 0 Å². The van der Waals surface area contributed by atoms with Crippen molar-refractivity contribution in [2.24, 2.45) is 0 Å². The number of carbonyl (C=O) groups is 1. The minimum absolute atomic E-state index is 0.0120. The van der Waals surface area contributed by atoms with Crippen LogP contribution in [0.25, 0.3) is 21.7 Å². The smallest absolute Gasteiger partial charge is 0.273 e. The van der Waals surface area contributed by atoms with Crippen LogP contribution < -0.4 is 4.74 Å². The van der Waals surface area contributed by atoms with Gasteiger partial charge in [-0.1, -0.05) is 12.1 Å². The topological polar surface area (TPSA) is 68.5 Å². The fraction of sp³-hybridized carbons (Fsp3) is 0.261. The van der Waals surface area contributed by atoms with Gasteiger partial charge in [-0.15, -0.1) is 11.3 Å². The summed E-state index contributed by atoms with van der Waals surface area (Å²) in [7, 11) is 1.64. The molecule has 0 spiro atoms. The maximum absolute atomic E-state index is 12.9. The first-order valence-corrected chi connectivity index (χ1v) is 10.8. The van der Waals surface area contributed by atoms with Gasteiger partial charge in [-0.25, -0.2) is 9.97 Å². The molecule has 0 N–H and O–H groups in total. The minimum Gasteiger partial charge on any atom is -0.497 e. The van der Waals surface area contributed by atoms with Gasteiger partial charge in [0, 0.05) is 30.0 Å². The summed E-state index contributed by atoms with van der Waals surface area (Å²) in [5.74, 6) is 1.81. The summed E-state index contributed by atoms with van der Waals surface area (Å²) >= 11 is 1.48. The number of amides is 1. The fourth-order valence-electron chi connectivity index (χ4n) is 3.79. The molecule has 2 aromatic heterocycles. The van der Waals surface area contributed by atoms with Crippen LogP contribution in [0.1, 0.15) is 35.1 Å². The SMILES string of the molecule is COc1ccc(-c2nc(C(=O)N3CCC(c4nc5ccccc5o4)CC3)cs2)cc1. The van der Waals surface area contributed by atoms with Gasteiger partial charge in [0.1, 0.15) is 22.0 Å². The van der Waals surface area contributed by atoms with Gasteiger partial charge < -0.3 is 14.1 Å². The molecule has 0 bridgehead atoms. The van der Waals surface area contributed by atoms with E-state index < -0.39 is 0 Å². The van der Waals surface area contributed by atoms with Crippen LogP contribution in [0, 0.1) is 0 Å². The molecule has 3 heterocycles. The number of para-hydroxylation sites is 2. The van der Waals surface area contributed by atoms with E-state index in [0.717, 1.165) is 46.2 Å². The molecule has 0 unspecified atom stereocenters. The second kappa shape index (κ2) is 7.91. The van der Waals surface area contributed by atoms with Crippen LogP contribution >= 0.6 is 11.3 Å². The molecule has 7 heteroatoms. The number of hydrogen-bond donors (Lipinski definition) is 0. The number of methoxy groups -OCH3 is 1. The molecule has 0 saturated carbocycles. The molecule has 0 radical (unpaired) electrons. The van der Waals surface area contributed by atoms with Gasteiger partial charge in [0.2, 0.25) is 0 Å². The predicted molar refractivity (Wildman–Crippen MR) is 116 cm³/mol. The van der Waals surface area contributed by atoms with Gasteiger partial charge in [0.25, 0.3) is 5.91 Å². The number of benzene rings is 2. The fourth-order valence-corrected chi connectivity index (χ4v) is 4.59. The van der Waals surface area contributed by atoms with Crippen molar-refractivity contribution in [2.75, 3.05) is 20.2 Å². The molecule has 1 saturated heterocycles. The first-order chi connectivity index (χ1) is 14.7. The number of rotatable bonds is 4. The number of ether oxygens (including phenoxy) is 1. The van der Waals surface area contributed by atoms with E-state index >= 15 is 0 Å². The summed E-state index contributed by atoms with van der Waals surface area (Å²) in [5, 5.41) is 2.68. The molecule has 0 aliphatic carbocycles. The lowest BCUT2D eigenvalue weighted by Gasteiger charge is -2.30. The number of carbonyl (C=O) groups excluding carboxylic acids is 1. The van der Waals surface area contributed by atoms with Crippen molar-refractivity contribution in [1.82, 2.24) is 14.9 Å². The molecule has 1 aliphatic rings. The van der Waals surface area contributed by atoms with Crippen LogP contribution in [0.15, 0.2) is 58.3 Å². The zero-order valence-electron chi connectivity index (χ0n) is 16.6. The lowest BCUT2D eigenvalue weighted by atomic mass is 9.96. The van der Waals surface area contributed by atoms with Gasteiger partial charge in [0.05, 0.1) is 7.11 Å². The molecule has 30 heavy (non-hydrogen) atoms. The van der Waals surface area contributed by atoms with E-state index in [-0.39, 0.29) is 11.8 Å². The molecular formula is C23H21N3O3S. The van der Waals surface area contributed by atoms with E-state index in [0.29, 0.717) is 18.8 Å². The number of oxazole rings is 1. The number of thiazole rings is 1. The van der Waals surface area contributed by atoms with Gasteiger partial charge in [0.15, 0.2) is 11.5 Å². The maximum Gasteiger partial charge on any atom is 0.273 e. The van der Waals surface area contributed by atoms with E-state index in [2.05, 4.69) is 9.97 Å². The Morgan fingerprint density at radius 1 is 1.10 bits per heavy atom. The highest BCUT2D eigenvalue weighted by atomic mass is 32.1. The summed E-state index contributed by atoms with van der Waals surface area (Å²) in [6, 6.07) is 15.5. The Labute approximate surface area is 178 Å². The lowest BCUT2D eigenvalue weighted by Crippen LogP contribution is -2.38. The number of piperidine rings is 1. The number of nitrogens with zero attached hydrogens (tertiary/aromatic N) is 3. The largest absolute Gasteiger partial charge is 0.497 e. The zero-order valence-corrected chi connectivity index (χ0v) is 17.4. The van der Waals surface area contributed by atoms with Gasteiger partial charge in [-0.2, -0.15) is 0 Å². The minimum atomic E-state index is -0.0120. The average molecular weight is 420 g/mol. The second-order valence-electron chi connectivity index (χ2n) is 7.35. The van der Waals surface area contributed by atoms with Crippen molar-refractivity contribution in [1.29, 1.82) is 0 Å². The van der Waals surface area contributed by atoms with E-state index in [9.17, 15) is 4.79 Å². The molecule has 152 valence electrons. The van der Waals surface area contributed by atoms with Gasteiger partial charge >= 0.3 is 0 Å². The molecule has 5 rings (SSSR count). The Bertz CT molecular complexity index is 1140. The summed E-state index contributed by atoms with van der Waals surface area (Å²) in [6.45, 7) is 1.36. The van der Waals surface area contributed by atoms with Gasteiger partial charge in [-0.05, 0) is 49.2 Å². The highest BCUT2D eigenvalue weighted by molar-refractivity contribution is 7.13. The molecule has 1 aliphatic heterocycles. The van der Waals surface area contributed by atoms with E-state index in [1.54, 1.807) is 7.11 Å². The second-order valence-corrected chi connectivity index (χ2v) is 8.21. The zero-order chi connectivity index (χ0) is 20.5. The molecule has 0 atom stereocenters. The predicted octanol–water partition coefficient (Wildman–Crippen LogP) is 4.98. The van der Waals surface area contributed by atoms with Crippen molar-refractivity contribution in [3.8, 4) is 16.3 Å². The standard InChI is InChI=1S/C23H21N3O3S/c1-28-17-8-6-16(7-9-17)22-25-19(14-30-22)23(27)26-12-10-15(11-13-26)21-24-18-4-2-3-5-20(18)29-21/h2-9,14-15H,10-13H2,1H3. The third kappa shape index (κ3) is 3.57. The summed E-state index contributed by atoms with van der Waals surface area (Å²) in [4.78, 5) is 24.0. The van der Waals surface area contributed by atoms with Crippen LogP contribution in [0.3, 0.4) is 0 Å². The number of fused-ring (bicyclic) bond motifs is 1. The van der Waals surface area contributed by atoms with Crippen molar-refractivity contribution < 1.29 is 13.9 Å². The van der Waals surface area contributed by atoms with Crippen molar-refractivity contribution >= 4 is 28.3 Å². The van der Waals surface area contributed by atoms with Crippen LogP contribution in [0.5, 0.6) is 5.75 Å². The third-order valence-corrected chi connectivity index (χ3v) is 6.39. The molecule has 1 fully saturated rings. The van der Waals surface area contributed by atoms with E-state index in [1.165, 1.54) is 11.3 Å². The molecule has 2 aromatic carbocycles. The molecule has 6 nitrogen and oxygen atoms in total. The average Bonchev–Trinajstić information content (AvgIpc) is 3.46. The van der Waals surface area contributed by atoms with E-state index in [1.807, 2.05) is 58.8 Å². The quantitative estimate of drug-likeness (QED) is 0.467. The first-order valence-electron chi connectivity index (χ1n) is 9.96. The highest BCUT2D eigenvalue weighted by Gasteiger charge is 2.28. The number of aromatic nitrogens is 2. The normalized spacial score (nSPS) is 14.9. The van der Waals surface area contributed by atoms with E-state index in [4.69, 9.17) is 9.15 Å². The molecule has 4 aromatic rings. The lowest BCUT2D eigenvalue weighted by molar-refractivity contribution is 0.0701. The monoisotopic (exact) mass is 419 g/mol. The first kappa shape index (κ1) is 18.8. The van der Waals surface area contributed by atoms with Gasteiger partial charge in [-0.3, -0.25) is 4.79 Å². The summed E-state index contributed by atoms with van der Waals surface area (Å²) < 4.78 is 11.1. The Morgan fingerprint density at radius 3 is 2.60 bits per heavy atom. The van der Waals surface area contributed by atoms with Crippen molar-refractivity contribution in [2.45, 2.75) is 18.8 Å². The number of hydrogen-bond acceptors (Lipinski definition) is 6. The number of likely N-dealkylation sites (tertiary alicyclic amines) is 1. The Morgan fingerprint density at radius 2 is 1.87 bits per heavy atom. The Kier molecular flexibility index (Phi) is 4.96. The molecule has 1 amide bonds. The van der Waals surface area contributed by atoms with Crippen molar-refractivity contribution in [3.05, 3.63) is 65.5 Å². The molecular weight excluding hydrogens is 398 g/mol. The Hall–Kier alpha value is -3.19.